The number of ether oxygens (including phenoxy) is 1. The molecular formula is C31H30N4O4. The summed E-state index contributed by atoms with van der Waals surface area (Å²) in [4.78, 5) is 42.6. The molecule has 2 heterocycles. The van der Waals surface area contributed by atoms with Crippen molar-refractivity contribution in [3.8, 4) is 0 Å². The Morgan fingerprint density at radius 1 is 0.795 bits per heavy atom. The molecule has 5 rings (SSSR count). The van der Waals surface area contributed by atoms with E-state index in [-0.39, 0.29) is 22.8 Å². The van der Waals surface area contributed by atoms with Crippen LogP contribution in [0, 0.1) is 0 Å². The summed E-state index contributed by atoms with van der Waals surface area (Å²) in [5, 5.41) is 3.20. The van der Waals surface area contributed by atoms with Gasteiger partial charge >= 0.3 is 0 Å². The van der Waals surface area contributed by atoms with Gasteiger partial charge in [0.15, 0.2) is 0 Å². The minimum absolute atomic E-state index is 0.136. The van der Waals surface area contributed by atoms with E-state index >= 15 is 0 Å². The summed E-state index contributed by atoms with van der Waals surface area (Å²) < 4.78 is 8.00. The molecule has 39 heavy (non-hydrogen) atoms. The summed E-state index contributed by atoms with van der Waals surface area (Å²) in [6.45, 7) is 2.71. The van der Waals surface area contributed by atoms with Crippen molar-refractivity contribution >= 4 is 29.4 Å². The predicted octanol–water partition coefficient (Wildman–Crippen LogP) is 1.68. The van der Waals surface area contributed by atoms with Crippen molar-refractivity contribution in [2.75, 3.05) is 36.5 Å². The molecular weight excluding hydrogens is 492 g/mol. The maximum atomic E-state index is 13.7. The van der Waals surface area contributed by atoms with Crippen LogP contribution in [-0.2, 0) is 23.1 Å². The fourth-order valence-electron chi connectivity index (χ4n) is 4.58. The maximum Gasteiger partial charge on any atom is 0.275 e. The summed E-state index contributed by atoms with van der Waals surface area (Å²) in [5.74, 6) is -0.405. The van der Waals surface area contributed by atoms with Crippen LogP contribution in [-0.4, -0.2) is 41.3 Å². The number of carbonyl (C=O) groups excluding carboxylic acids is 1. The summed E-state index contributed by atoms with van der Waals surface area (Å²) >= 11 is 0. The average Bonchev–Trinajstić information content (AvgIpc) is 2.98. The number of nitrogens with zero attached hydrogens (tertiary/aromatic N) is 3. The van der Waals surface area contributed by atoms with Crippen LogP contribution in [0.3, 0.4) is 0 Å². The van der Waals surface area contributed by atoms with Crippen LogP contribution >= 0.6 is 0 Å². The van der Waals surface area contributed by atoms with Crippen molar-refractivity contribution in [3.05, 3.63) is 127 Å². The summed E-state index contributed by atoms with van der Waals surface area (Å²) in [5.41, 5.74) is 2.39. The number of benzene rings is 3. The van der Waals surface area contributed by atoms with Crippen LogP contribution in [0.1, 0.15) is 11.1 Å². The highest BCUT2D eigenvalue weighted by Crippen LogP contribution is 2.19. The van der Waals surface area contributed by atoms with Crippen LogP contribution in [0.25, 0.3) is 12.2 Å². The highest BCUT2D eigenvalue weighted by atomic mass is 16.5. The van der Waals surface area contributed by atoms with Crippen LogP contribution in [0.5, 0.6) is 0 Å². The van der Waals surface area contributed by atoms with Gasteiger partial charge in [0.1, 0.15) is 17.2 Å². The Balaban J connectivity index is 1.51. The number of hydrogen-bond acceptors (Lipinski definition) is 5. The van der Waals surface area contributed by atoms with Gasteiger partial charge in [-0.25, -0.2) is 0 Å². The van der Waals surface area contributed by atoms with Crippen molar-refractivity contribution < 1.29 is 9.53 Å². The van der Waals surface area contributed by atoms with E-state index in [4.69, 9.17) is 4.74 Å². The highest BCUT2D eigenvalue weighted by molar-refractivity contribution is 5.90. The van der Waals surface area contributed by atoms with Gasteiger partial charge in [-0.15, -0.1) is 0 Å². The number of anilines is 2. The third kappa shape index (κ3) is 6.08. The predicted molar refractivity (Wildman–Crippen MR) is 153 cm³/mol. The quantitative estimate of drug-likeness (QED) is 0.417. The molecule has 1 aromatic heterocycles. The van der Waals surface area contributed by atoms with Crippen LogP contribution in [0.15, 0.2) is 94.5 Å². The number of morpholine rings is 1. The highest BCUT2D eigenvalue weighted by Gasteiger charge is 2.14. The topological polar surface area (TPSA) is 85.6 Å². The van der Waals surface area contributed by atoms with E-state index in [0.717, 1.165) is 29.9 Å². The Bertz CT molecular complexity index is 1690. The molecule has 0 saturated carbocycles. The van der Waals surface area contributed by atoms with E-state index in [1.54, 1.807) is 19.2 Å². The van der Waals surface area contributed by atoms with E-state index in [1.807, 2.05) is 84.9 Å². The lowest BCUT2D eigenvalue weighted by Gasteiger charge is -2.28. The molecule has 8 nitrogen and oxygen atoms in total. The van der Waals surface area contributed by atoms with E-state index < -0.39 is 11.5 Å². The molecule has 3 aromatic carbocycles. The maximum absolute atomic E-state index is 13.7. The summed E-state index contributed by atoms with van der Waals surface area (Å²) in [7, 11) is 1.57. The van der Waals surface area contributed by atoms with E-state index in [1.165, 1.54) is 9.13 Å². The molecule has 0 aliphatic carbocycles. The lowest BCUT2D eigenvalue weighted by Crippen LogP contribution is -2.58. The molecule has 4 aromatic rings. The zero-order valence-corrected chi connectivity index (χ0v) is 21.7. The zero-order chi connectivity index (χ0) is 27.2. The molecule has 0 unspecified atom stereocenters. The summed E-state index contributed by atoms with van der Waals surface area (Å²) in [6.07, 6.45) is 3.30. The Kier molecular flexibility index (Phi) is 7.84. The van der Waals surface area contributed by atoms with Crippen molar-refractivity contribution in [2.24, 2.45) is 7.05 Å². The second-order valence-electron chi connectivity index (χ2n) is 9.33. The first-order chi connectivity index (χ1) is 19.0. The van der Waals surface area contributed by atoms with Gasteiger partial charge in [0, 0.05) is 31.5 Å². The van der Waals surface area contributed by atoms with Gasteiger partial charge in [0.05, 0.1) is 13.2 Å². The second-order valence-corrected chi connectivity index (χ2v) is 9.33. The summed E-state index contributed by atoms with van der Waals surface area (Å²) in [6, 6.07) is 26.1. The fraction of sp³-hybridized carbons (Fsp3) is 0.194. The molecule has 0 atom stereocenters. The number of carbonyl (C=O) groups is 1. The van der Waals surface area contributed by atoms with Gasteiger partial charge in [-0.05, 0) is 47.5 Å². The first kappa shape index (κ1) is 25.9. The van der Waals surface area contributed by atoms with Gasteiger partial charge in [-0.3, -0.25) is 19.0 Å². The molecule has 1 aliphatic rings. The van der Waals surface area contributed by atoms with Crippen LogP contribution < -0.4 is 32.0 Å². The number of amides is 1. The number of rotatable bonds is 6. The van der Waals surface area contributed by atoms with Gasteiger partial charge < -0.3 is 19.5 Å². The molecule has 0 radical (unpaired) electrons. The fourth-order valence-corrected chi connectivity index (χ4v) is 4.58. The first-order valence-corrected chi connectivity index (χ1v) is 12.9. The molecule has 1 saturated heterocycles. The Morgan fingerprint density at radius 3 is 1.95 bits per heavy atom. The minimum Gasteiger partial charge on any atom is -0.378 e. The SMILES string of the molecule is Cn1c(=O)/c(=C/c2ccccc2)n(CC(=O)Nc2ccc(N3CCOCC3)cc2)c(=O)/c1=C/c1ccccc1. The lowest BCUT2D eigenvalue weighted by molar-refractivity contribution is -0.116. The van der Waals surface area contributed by atoms with E-state index in [2.05, 4.69) is 10.2 Å². The molecule has 1 amide bonds. The van der Waals surface area contributed by atoms with Crippen molar-refractivity contribution in [3.63, 3.8) is 0 Å². The molecule has 1 aliphatic heterocycles. The van der Waals surface area contributed by atoms with Gasteiger partial charge in [0.2, 0.25) is 5.91 Å². The number of hydrogen-bond donors (Lipinski definition) is 1. The van der Waals surface area contributed by atoms with Gasteiger partial charge in [-0.1, -0.05) is 60.7 Å². The number of nitrogens with one attached hydrogen (secondary N) is 1. The molecule has 0 bridgehead atoms. The van der Waals surface area contributed by atoms with E-state index in [9.17, 15) is 14.4 Å². The smallest absolute Gasteiger partial charge is 0.275 e. The van der Waals surface area contributed by atoms with Crippen LogP contribution in [0.2, 0.25) is 0 Å². The molecule has 1 N–H and O–H groups in total. The minimum atomic E-state index is -0.430. The van der Waals surface area contributed by atoms with Crippen LogP contribution in [0.4, 0.5) is 11.4 Å². The third-order valence-corrected chi connectivity index (χ3v) is 6.68. The van der Waals surface area contributed by atoms with Gasteiger partial charge in [0.25, 0.3) is 11.1 Å². The lowest BCUT2D eigenvalue weighted by atomic mass is 10.2. The van der Waals surface area contributed by atoms with Crippen molar-refractivity contribution in [1.29, 1.82) is 0 Å². The Morgan fingerprint density at radius 2 is 1.36 bits per heavy atom. The van der Waals surface area contributed by atoms with E-state index in [0.29, 0.717) is 18.9 Å². The number of aromatic nitrogens is 2. The standard InChI is InChI=1S/C31H30N4O4/c1-33-27(20-23-8-4-2-5-9-23)31(38)35(28(30(33)37)21-24-10-6-3-7-11-24)22-29(36)32-25-12-14-26(15-13-25)34-16-18-39-19-17-34/h2-15,20-21H,16-19,22H2,1H3,(H,32,36)/b27-20-,28-21-. The Hall–Kier alpha value is -4.69. The average molecular weight is 523 g/mol. The van der Waals surface area contributed by atoms with Crippen molar-refractivity contribution in [1.82, 2.24) is 9.13 Å². The zero-order valence-electron chi connectivity index (χ0n) is 21.7. The monoisotopic (exact) mass is 522 g/mol. The van der Waals surface area contributed by atoms with Gasteiger partial charge in [-0.2, -0.15) is 0 Å². The molecule has 0 spiro atoms. The normalized spacial score (nSPS) is 14.4. The Labute approximate surface area is 225 Å². The van der Waals surface area contributed by atoms with Crippen molar-refractivity contribution in [2.45, 2.75) is 6.54 Å². The second kappa shape index (κ2) is 11.8. The first-order valence-electron chi connectivity index (χ1n) is 12.9. The third-order valence-electron chi connectivity index (χ3n) is 6.68. The molecule has 198 valence electrons. The molecule has 8 heteroatoms. The molecule has 1 fully saturated rings. The largest absolute Gasteiger partial charge is 0.378 e.